The number of imidazole rings is 1. The van der Waals surface area contributed by atoms with Crippen molar-refractivity contribution in [2.75, 3.05) is 6.54 Å². The highest BCUT2D eigenvalue weighted by Crippen LogP contribution is 2.30. The maximum atomic E-state index is 13.7. The molecule has 0 spiro atoms. The average Bonchev–Trinajstić information content (AvgIpc) is 3.08. The van der Waals surface area contributed by atoms with E-state index in [0.717, 1.165) is 10.8 Å². The van der Waals surface area contributed by atoms with Crippen molar-refractivity contribution in [1.29, 1.82) is 0 Å². The van der Waals surface area contributed by atoms with Gasteiger partial charge in [-0.3, -0.25) is 4.79 Å². The molecule has 2 aromatic rings. The van der Waals surface area contributed by atoms with E-state index in [9.17, 15) is 31.1 Å². The molecule has 1 amide bonds. The SMILES string of the molecule is N[C@@H](CC(=O)N1CCn2c(cnc2C(F)(F)F)C1)Cc1cc(F)c(F)cc1F.O=P(O)(O)O. The summed E-state index contributed by atoms with van der Waals surface area (Å²) in [5.41, 5.74) is 5.91. The number of aromatic nitrogens is 2. The lowest BCUT2D eigenvalue weighted by Gasteiger charge is -2.30. The quantitative estimate of drug-likeness (QED) is 0.282. The summed E-state index contributed by atoms with van der Waals surface area (Å²) >= 11 is 0. The Morgan fingerprint density at radius 1 is 1.12 bits per heavy atom. The molecule has 3 rings (SSSR count). The Kier molecular flexibility index (Phi) is 8.30. The van der Waals surface area contributed by atoms with Gasteiger partial charge >= 0.3 is 14.0 Å². The smallest absolute Gasteiger partial charge is 0.335 e. The van der Waals surface area contributed by atoms with Crippen molar-refractivity contribution in [2.24, 2.45) is 5.73 Å². The summed E-state index contributed by atoms with van der Waals surface area (Å²) in [7, 11) is -4.64. The Morgan fingerprint density at radius 2 is 1.70 bits per heavy atom. The number of nitrogens with zero attached hydrogens (tertiary/aromatic N) is 3. The molecule has 2 heterocycles. The first kappa shape index (κ1) is 26.8. The Morgan fingerprint density at radius 3 is 2.27 bits per heavy atom. The van der Waals surface area contributed by atoms with Gasteiger partial charge in [0.2, 0.25) is 11.7 Å². The van der Waals surface area contributed by atoms with Gasteiger partial charge in [0, 0.05) is 31.6 Å². The van der Waals surface area contributed by atoms with Gasteiger partial charge in [-0.25, -0.2) is 22.7 Å². The van der Waals surface area contributed by atoms with Crippen molar-refractivity contribution >= 4 is 13.7 Å². The van der Waals surface area contributed by atoms with Gasteiger partial charge in [-0.05, 0) is 18.1 Å². The van der Waals surface area contributed by atoms with Crippen LogP contribution in [0, 0.1) is 17.5 Å². The van der Waals surface area contributed by atoms with E-state index in [1.807, 2.05) is 0 Å². The van der Waals surface area contributed by atoms with Gasteiger partial charge in [0.05, 0.1) is 18.4 Å². The highest BCUT2D eigenvalue weighted by molar-refractivity contribution is 7.45. The second-order valence-electron chi connectivity index (χ2n) is 7.08. The van der Waals surface area contributed by atoms with Crippen molar-refractivity contribution in [3.8, 4) is 0 Å². The molecule has 16 heteroatoms. The summed E-state index contributed by atoms with van der Waals surface area (Å²) in [5, 5.41) is 0. The molecular formula is C17H19F6N4O5P. The highest BCUT2D eigenvalue weighted by Gasteiger charge is 2.38. The minimum atomic E-state index is -4.64. The third-order valence-corrected chi connectivity index (χ3v) is 4.50. The van der Waals surface area contributed by atoms with E-state index < -0.39 is 49.2 Å². The molecular weight excluding hydrogens is 485 g/mol. The van der Waals surface area contributed by atoms with Crippen molar-refractivity contribution < 1.29 is 50.4 Å². The number of alkyl halides is 3. The minimum absolute atomic E-state index is 0.0392. The zero-order valence-corrected chi connectivity index (χ0v) is 17.5. The highest BCUT2D eigenvalue weighted by atomic mass is 31.2. The van der Waals surface area contributed by atoms with Crippen LogP contribution in [0.15, 0.2) is 18.3 Å². The molecule has 1 atom stereocenters. The minimum Gasteiger partial charge on any atom is -0.335 e. The molecule has 0 saturated heterocycles. The van der Waals surface area contributed by atoms with Crippen LogP contribution in [0.2, 0.25) is 0 Å². The number of fused-ring (bicyclic) bond motifs is 1. The first-order valence-electron chi connectivity index (χ1n) is 9.13. The Labute approximate surface area is 182 Å². The largest absolute Gasteiger partial charge is 0.466 e. The molecule has 1 aliphatic rings. The van der Waals surface area contributed by atoms with Crippen LogP contribution >= 0.6 is 7.82 Å². The predicted molar refractivity (Wildman–Crippen MR) is 99.5 cm³/mol. The number of phosphoric acid groups is 1. The maximum Gasteiger partial charge on any atom is 0.466 e. The predicted octanol–water partition coefficient (Wildman–Crippen LogP) is 1.69. The van der Waals surface area contributed by atoms with Crippen molar-refractivity contribution in [3.05, 3.63) is 52.9 Å². The van der Waals surface area contributed by atoms with Crippen molar-refractivity contribution in [2.45, 2.75) is 38.1 Å². The number of benzene rings is 1. The normalized spacial score (nSPS) is 14.9. The van der Waals surface area contributed by atoms with Crippen LogP contribution in [0.5, 0.6) is 0 Å². The second-order valence-corrected chi connectivity index (χ2v) is 8.10. The fourth-order valence-corrected chi connectivity index (χ4v) is 3.15. The third kappa shape index (κ3) is 7.82. The number of nitrogens with two attached hydrogens (primary N) is 1. The summed E-state index contributed by atoms with van der Waals surface area (Å²) in [4.78, 5) is 38.7. The Bertz CT molecular complexity index is 1050. The van der Waals surface area contributed by atoms with Crippen LogP contribution in [-0.4, -0.2) is 47.6 Å². The van der Waals surface area contributed by atoms with Gasteiger partial charge < -0.3 is 29.9 Å². The van der Waals surface area contributed by atoms with E-state index >= 15 is 0 Å². The van der Waals surface area contributed by atoms with E-state index in [-0.39, 0.29) is 43.7 Å². The average molecular weight is 504 g/mol. The van der Waals surface area contributed by atoms with Crippen LogP contribution in [0.3, 0.4) is 0 Å². The van der Waals surface area contributed by atoms with E-state index in [0.29, 0.717) is 12.1 Å². The van der Waals surface area contributed by atoms with Crippen LogP contribution < -0.4 is 5.73 Å². The first-order chi connectivity index (χ1) is 15.1. The monoisotopic (exact) mass is 504 g/mol. The molecule has 0 aliphatic carbocycles. The summed E-state index contributed by atoms with van der Waals surface area (Å²) in [5.74, 6) is -4.96. The lowest BCUT2D eigenvalue weighted by atomic mass is 10.0. The summed E-state index contributed by atoms with van der Waals surface area (Å²) in [6.45, 7) is -0.0886. The first-order valence-corrected chi connectivity index (χ1v) is 10.7. The number of carbonyl (C=O) groups is 1. The fraction of sp³-hybridized carbons (Fsp3) is 0.412. The van der Waals surface area contributed by atoms with Gasteiger partial charge in [-0.2, -0.15) is 13.2 Å². The van der Waals surface area contributed by atoms with Gasteiger partial charge in [0.15, 0.2) is 11.6 Å². The van der Waals surface area contributed by atoms with Crippen LogP contribution in [0.25, 0.3) is 0 Å². The number of amides is 1. The second kappa shape index (κ2) is 10.2. The standard InChI is InChI=1S/C17H16F6N4O.H3O4P/c18-12-6-14(20)13(19)4-9(12)3-10(24)5-15(28)26-1-2-27-11(8-26)7-25-16(27)17(21,22)23;1-5(2,3)4/h4,6-7,10H,1-3,5,8,24H2;(H3,1,2,3,4)/t10-;/m1./s1. The van der Waals surface area contributed by atoms with Gasteiger partial charge in [-0.1, -0.05) is 0 Å². The van der Waals surface area contributed by atoms with Crippen molar-refractivity contribution in [1.82, 2.24) is 14.5 Å². The maximum absolute atomic E-state index is 13.7. The molecule has 1 aromatic heterocycles. The molecule has 33 heavy (non-hydrogen) atoms. The molecule has 0 radical (unpaired) electrons. The van der Waals surface area contributed by atoms with Crippen LogP contribution in [-0.2, 0) is 35.0 Å². The molecule has 0 fully saturated rings. The number of hydrogen-bond donors (Lipinski definition) is 4. The molecule has 1 aromatic carbocycles. The van der Waals surface area contributed by atoms with Crippen LogP contribution in [0.4, 0.5) is 26.3 Å². The number of hydrogen-bond acceptors (Lipinski definition) is 4. The zero-order valence-electron chi connectivity index (χ0n) is 16.6. The Hall–Kier alpha value is -2.45. The fourth-order valence-electron chi connectivity index (χ4n) is 3.15. The number of halogens is 6. The van der Waals surface area contributed by atoms with E-state index in [1.54, 1.807) is 0 Å². The molecule has 184 valence electrons. The van der Waals surface area contributed by atoms with E-state index in [1.165, 1.54) is 4.90 Å². The molecule has 0 unspecified atom stereocenters. The lowest BCUT2D eigenvalue weighted by Crippen LogP contribution is -2.41. The lowest BCUT2D eigenvalue weighted by molar-refractivity contribution is -0.148. The summed E-state index contributed by atoms with van der Waals surface area (Å²) in [6.07, 6.45) is -3.93. The zero-order chi connectivity index (χ0) is 25.1. The summed E-state index contributed by atoms with van der Waals surface area (Å²) in [6, 6.07) is 0.223. The van der Waals surface area contributed by atoms with E-state index in [2.05, 4.69) is 4.98 Å². The number of carbonyl (C=O) groups excluding carboxylic acids is 1. The molecule has 1 aliphatic heterocycles. The van der Waals surface area contributed by atoms with Gasteiger partial charge in [0.25, 0.3) is 0 Å². The third-order valence-electron chi connectivity index (χ3n) is 4.50. The number of rotatable bonds is 4. The van der Waals surface area contributed by atoms with Gasteiger partial charge in [-0.15, -0.1) is 0 Å². The van der Waals surface area contributed by atoms with Gasteiger partial charge in [0.1, 0.15) is 5.82 Å². The molecule has 0 saturated carbocycles. The molecule has 5 N–H and O–H groups in total. The Balaban J connectivity index is 0.000000696. The van der Waals surface area contributed by atoms with Crippen molar-refractivity contribution in [3.63, 3.8) is 0 Å². The van der Waals surface area contributed by atoms with E-state index in [4.69, 9.17) is 25.0 Å². The summed E-state index contributed by atoms with van der Waals surface area (Å²) < 4.78 is 88.4. The molecule has 0 bridgehead atoms. The topological polar surface area (TPSA) is 142 Å². The molecule has 9 nitrogen and oxygen atoms in total. The van der Waals surface area contributed by atoms with Crippen LogP contribution in [0.1, 0.15) is 23.5 Å².